The summed E-state index contributed by atoms with van der Waals surface area (Å²) in [5, 5.41) is 10.7. The predicted octanol–water partition coefficient (Wildman–Crippen LogP) is 1.13. The van der Waals surface area contributed by atoms with E-state index in [0.717, 1.165) is 11.1 Å². The van der Waals surface area contributed by atoms with E-state index in [0.29, 0.717) is 0 Å². The number of aliphatic hydroxyl groups excluding tert-OH is 1. The zero-order chi connectivity index (χ0) is 17.9. The lowest BCUT2D eigenvalue weighted by Crippen LogP contribution is -2.60. The fraction of sp³-hybridized carbons (Fsp3) is 0.684. The van der Waals surface area contributed by atoms with Crippen molar-refractivity contribution in [3.05, 3.63) is 23.3 Å². The molecule has 5 rings (SSSR count). The van der Waals surface area contributed by atoms with E-state index in [4.69, 9.17) is 14.2 Å². The lowest BCUT2D eigenvalue weighted by atomic mass is 9.48. The van der Waals surface area contributed by atoms with E-state index in [1.165, 1.54) is 0 Å². The molecule has 0 bridgehead atoms. The van der Waals surface area contributed by atoms with Crippen molar-refractivity contribution in [2.45, 2.75) is 58.2 Å². The van der Waals surface area contributed by atoms with Crippen LogP contribution in [-0.4, -0.2) is 47.6 Å². The van der Waals surface area contributed by atoms with Gasteiger partial charge in [-0.15, -0.1) is 0 Å². The van der Waals surface area contributed by atoms with Crippen molar-refractivity contribution in [1.82, 2.24) is 0 Å². The zero-order valence-electron chi connectivity index (χ0n) is 14.7. The molecule has 6 nitrogen and oxygen atoms in total. The van der Waals surface area contributed by atoms with Crippen LogP contribution in [0, 0.1) is 22.7 Å². The van der Waals surface area contributed by atoms with Crippen molar-refractivity contribution in [3.63, 3.8) is 0 Å². The van der Waals surface area contributed by atoms with Crippen molar-refractivity contribution in [3.8, 4) is 0 Å². The molecule has 2 saturated heterocycles. The Morgan fingerprint density at radius 3 is 2.56 bits per heavy atom. The fourth-order valence-electron chi connectivity index (χ4n) is 5.77. The van der Waals surface area contributed by atoms with Gasteiger partial charge in [0, 0.05) is 17.4 Å². The highest BCUT2D eigenvalue weighted by molar-refractivity contribution is 5.88. The second-order valence-electron chi connectivity index (χ2n) is 8.66. The highest BCUT2D eigenvalue weighted by atomic mass is 16.6. The molecule has 3 heterocycles. The molecule has 3 fully saturated rings. The first-order valence-corrected chi connectivity index (χ1v) is 8.90. The highest BCUT2D eigenvalue weighted by Crippen LogP contribution is 2.69. The quantitative estimate of drug-likeness (QED) is 0.566. The smallest absolute Gasteiger partial charge is 0.331 e. The SMILES string of the molecule is CC(C)[C@H]1OC(=O)C=C2C1=C[C@H]1OC(=O)[C@]3(C)[C@@H]1[C@]2(C)[C@H]1O[C@H]1[C@@H]3O. The Balaban J connectivity index is 1.75. The Kier molecular flexibility index (Phi) is 2.71. The predicted molar refractivity (Wildman–Crippen MR) is 85.1 cm³/mol. The normalized spacial score (nSPS) is 52.4. The van der Waals surface area contributed by atoms with Crippen molar-refractivity contribution in [2.24, 2.45) is 22.7 Å². The Labute approximate surface area is 145 Å². The van der Waals surface area contributed by atoms with E-state index in [9.17, 15) is 14.7 Å². The molecule has 2 aliphatic carbocycles. The van der Waals surface area contributed by atoms with E-state index in [1.807, 2.05) is 26.8 Å². The van der Waals surface area contributed by atoms with Gasteiger partial charge >= 0.3 is 11.9 Å². The van der Waals surface area contributed by atoms with E-state index in [1.54, 1.807) is 13.0 Å². The van der Waals surface area contributed by atoms with Gasteiger partial charge in [-0.25, -0.2) is 4.79 Å². The van der Waals surface area contributed by atoms with Crippen molar-refractivity contribution >= 4 is 11.9 Å². The summed E-state index contributed by atoms with van der Waals surface area (Å²) in [6.45, 7) is 7.81. The van der Waals surface area contributed by atoms with Crippen molar-refractivity contribution in [2.75, 3.05) is 0 Å². The van der Waals surface area contributed by atoms with Crippen LogP contribution in [-0.2, 0) is 23.8 Å². The third kappa shape index (κ3) is 1.59. The molecule has 5 aliphatic rings. The van der Waals surface area contributed by atoms with Crippen LogP contribution in [0.2, 0.25) is 0 Å². The third-order valence-corrected chi connectivity index (χ3v) is 7.00. The van der Waals surface area contributed by atoms with E-state index >= 15 is 0 Å². The monoisotopic (exact) mass is 346 g/mol. The average Bonchev–Trinajstić information content (AvgIpc) is 3.29. The standard InChI is InChI=1S/C19H22O6/c1-7(2)12-8-5-10-14-18(3,9(8)6-11(20)24-12)16-13(25-16)15(21)19(14,4)17(22)23-10/h5-7,10,12-16,21H,1-4H3/t10-,12-,13+,14+,15+,16+,18-,19-/m1/s1. The zero-order valence-corrected chi connectivity index (χ0v) is 14.7. The molecular weight excluding hydrogens is 324 g/mol. The fourth-order valence-corrected chi connectivity index (χ4v) is 5.77. The molecule has 25 heavy (non-hydrogen) atoms. The largest absolute Gasteiger partial charge is 0.457 e. The number of fused-ring (bicyclic) bond motifs is 4. The number of aliphatic hydroxyl groups is 1. The molecule has 0 spiro atoms. The maximum Gasteiger partial charge on any atom is 0.331 e. The van der Waals surface area contributed by atoms with Crippen LogP contribution in [0.15, 0.2) is 23.3 Å². The molecule has 0 aromatic carbocycles. The van der Waals surface area contributed by atoms with Gasteiger partial charge < -0.3 is 19.3 Å². The first kappa shape index (κ1) is 15.6. The summed E-state index contributed by atoms with van der Waals surface area (Å²) in [5.74, 6) is -0.909. The summed E-state index contributed by atoms with van der Waals surface area (Å²) in [5.41, 5.74) is 0.203. The van der Waals surface area contributed by atoms with Crippen LogP contribution in [0.3, 0.4) is 0 Å². The van der Waals surface area contributed by atoms with Crippen LogP contribution >= 0.6 is 0 Å². The molecule has 0 unspecified atom stereocenters. The summed E-state index contributed by atoms with van der Waals surface area (Å²) < 4.78 is 17.1. The summed E-state index contributed by atoms with van der Waals surface area (Å²) in [7, 11) is 0. The van der Waals surface area contributed by atoms with Crippen LogP contribution < -0.4 is 0 Å². The minimum atomic E-state index is -1.03. The summed E-state index contributed by atoms with van der Waals surface area (Å²) in [4.78, 5) is 24.9. The molecule has 6 heteroatoms. The van der Waals surface area contributed by atoms with Gasteiger partial charge in [0.05, 0.1) is 12.2 Å². The van der Waals surface area contributed by atoms with Crippen LogP contribution in [0.25, 0.3) is 0 Å². The van der Waals surface area contributed by atoms with Crippen LogP contribution in [0.4, 0.5) is 0 Å². The van der Waals surface area contributed by atoms with Crippen LogP contribution in [0.5, 0.6) is 0 Å². The second-order valence-corrected chi connectivity index (χ2v) is 8.66. The number of cyclic esters (lactones) is 1. The van der Waals surface area contributed by atoms with Gasteiger partial charge in [0.2, 0.25) is 0 Å². The first-order valence-electron chi connectivity index (χ1n) is 8.90. The molecule has 0 aromatic rings. The maximum absolute atomic E-state index is 12.7. The Morgan fingerprint density at radius 2 is 1.88 bits per heavy atom. The van der Waals surface area contributed by atoms with Crippen molar-refractivity contribution < 1.29 is 28.9 Å². The summed E-state index contributed by atoms with van der Waals surface area (Å²) in [6, 6.07) is 0. The molecule has 8 atom stereocenters. The Morgan fingerprint density at radius 1 is 1.16 bits per heavy atom. The number of hydrogen-bond acceptors (Lipinski definition) is 6. The van der Waals surface area contributed by atoms with Gasteiger partial charge in [-0.2, -0.15) is 0 Å². The van der Waals surface area contributed by atoms with Crippen molar-refractivity contribution in [1.29, 1.82) is 0 Å². The lowest BCUT2D eigenvalue weighted by molar-refractivity contribution is -0.154. The molecule has 1 N–H and O–H groups in total. The Bertz CT molecular complexity index is 766. The number of rotatable bonds is 1. The third-order valence-electron chi connectivity index (χ3n) is 7.00. The second kappa shape index (κ2) is 4.35. The van der Waals surface area contributed by atoms with Gasteiger partial charge in [0.15, 0.2) is 0 Å². The first-order chi connectivity index (χ1) is 11.7. The minimum absolute atomic E-state index is 0.104. The van der Waals surface area contributed by atoms with Gasteiger partial charge in [0.25, 0.3) is 0 Å². The van der Waals surface area contributed by atoms with E-state index in [-0.39, 0.29) is 36.0 Å². The topological polar surface area (TPSA) is 85.4 Å². The van der Waals surface area contributed by atoms with E-state index in [2.05, 4.69) is 0 Å². The molecule has 3 aliphatic heterocycles. The molecular formula is C19H22O6. The van der Waals surface area contributed by atoms with Gasteiger partial charge in [-0.3, -0.25) is 4.79 Å². The molecule has 0 amide bonds. The highest BCUT2D eigenvalue weighted by Gasteiger charge is 2.78. The van der Waals surface area contributed by atoms with Gasteiger partial charge in [0.1, 0.15) is 23.7 Å². The van der Waals surface area contributed by atoms with Crippen LogP contribution in [0.1, 0.15) is 27.7 Å². The number of carbonyl (C=O) groups excluding carboxylic acids is 2. The number of epoxide rings is 1. The molecule has 1 saturated carbocycles. The summed E-state index contributed by atoms with van der Waals surface area (Å²) >= 11 is 0. The van der Waals surface area contributed by atoms with Gasteiger partial charge in [-0.05, 0) is 30.1 Å². The van der Waals surface area contributed by atoms with Gasteiger partial charge in [-0.1, -0.05) is 20.8 Å². The number of carbonyl (C=O) groups is 2. The number of esters is 2. The molecule has 134 valence electrons. The number of ether oxygens (including phenoxy) is 3. The Hall–Kier alpha value is -1.66. The van der Waals surface area contributed by atoms with E-state index < -0.39 is 29.1 Å². The molecule has 0 radical (unpaired) electrons. The maximum atomic E-state index is 12.7. The molecule has 0 aromatic heterocycles. The number of hydrogen-bond donors (Lipinski definition) is 1. The lowest BCUT2D eigenvalue weighted by Gasteiger charge is -2.52. The minimum Gasteiger partial charge on any atom is -0.457 e. The summed E-state index contributed by atoms with van der Waals surface area (Å²) in [6.07, 6.45) is 1.17. The average molecular weight is 346 g/mol.